The highest BCUT2D eigenvalue weighted by atomic mass is 35.5. The number of nitrogens with one attached hydrogen (secondary N) is 1. The van der Waals surface area contributed by atoms with Crippen molar-refractivity contribution in [1.29, 1.82) is 0 Å². The zero-order chi connectivity index (χ0) is 14.9. The molecule has 116 valence electrons. The quantitative estimate of drug-likeness (QED) is 0.894. The van der Waals surface area contributed by atoms with Crippen LogP contribution in [0.2, 0.25) is 5.02 Å². The molecule has 2 aliphatic rings. The maximum Gasteiger partial charge on any atom is 0.0737 e. The molecule has 0 amide bonds. The molecule has 2 aromatic rings. The smallest absolute Gasteiger partial charge is 0.0737 e. The fraction of sp³-hybridized carbons (Fsp3) is 0.500. The molecule has 1 aromatic heterocycles. The summed E-state index contributed by atoms with van der Waals surface area (Å²) < 4.78 is 0. The molecule has 22 heavy (non-hydrogen) atoms. The molecule has 2 atom stereocenters. The highest BCUT2D eigenvalue weighted by Crippen LogP contribution is 2.31. The number of fused-ring (bicyclic) bond motifs is 2. The molecule has 1 N–H and O–H groups in total. The normalized spacial score (nSPS) is 25.9. The standard InChI is InChI=1S/C18H22ClN3/c19-13-6-7-14-15(8-9-20-17(14)12-13)21-16-4-3-11-22-10-2-1-5-18(16)22/h6-9,12,16,18H,1-5,10-11H2,(H,20,21)/t16-,18?/m1/s1. The second-order valence-electron chi connectivity index (χ2n) is 6.51. The van der Waals surface area contributed by atoms with E-state index in [1.165, 1.54) is 56.3 Å². The number of hydrogen-bond acceptors (Lipinski definition) is 3. The van der Waals surface area contributed by atoms with E-state index in [0.717, 1.165) is 10.5 Å². The van der Waals surface area contributed by atoms with Gasteiger partial charge in [-0.25, -0.2) is 0 Å². The molecule has 4 heteroatoms. The fourth-order valence-corrected chi connectivity index (χ4v) is 4.24. The second-order valence-corrected chi connectivity index (χ2v) is 6.95. The summed E-state index contributed by atoms with van der Waals surface area (Å²) in [6.45, 7) is 2.55. The van der Waals surface area contributed by atoms with Crippen LogP contribution in [0.25, 0.3) is 10.9 Å². The largest absolute Gasteiger partial charge is 0.380 e. The zero-order valence-corrected chi connectivity index (χ0v) is 13.5. The predicted octanol–water partition coefficient (Wildman–Crippen LogP) is 4.32. The minimum Gasteiger partial charge on any atom is -0.380 e. The lowest BCUT2D eigenvalue weighted by Gasteiger charge is -2.44. The van der Waals surface area contributed by atoms with E-state index in [9.17, 15) is 0 Å². The molecule has 3 nitrogen and oxygen atoms in total. The van der Waals surface area contributed by atoms with Gasteiger partial charge in [-0.3, -0.25) is 9.88 Å². The number of benzene rings is 1. The molecule has 0 spiro atoms. The number of hydrogen-bond donors (Lipinski definition) is 1. The van der Waals surface area contributed by atoms with E-state index in [2.05, 4.69) is 27.3 Å². The second kappa shape index (κ2) is 6.05. The number of halogens is 1. The summed E-state index contributed by atoms with van der Waals surface area (Å²) in [7, 11) is 0. The molecule has 0 aliphatic carbocycles. The zero-order valence-electron chi connectivity index (χ0n) is 12.8. The van der Waals surface area contributed by atoms with Crippen LogP contribution in [-0.2, 0) is 0 Å². The van der Waals surface area contributed by atoms with E-state index in [4.69, 9.17) is 11.6 Å². The molecular formula is C18H22ClN3. The molecule has 4 rings (SSSR count). The first-order valence-corrected chi connectivity index (χ1v) is 8.74. The van der Waals surface area contributed by atoms with E-state index < -0.39 is 0 Å². The van der Waals surface area contributed by atoms with Gasteiger partial charge < -0.3 is 5.32 Å². The monoisotopic (exact) mass is 315 g/mol. The highest BCUT2D eigenvalue weighted by molar-refractivity contribution is 6.31. The van der Waals surface area contributed by atoms with Crippen LogP contribution in [0.1, 0.15) is 32.1 Å². The number of piperidine rings is 2. The first kappa shape index (κ1) is 14.3. The number of nitrogens with zero attached hydrogens (tertiary/aromatic N) is 2. The average Bonchev–Trinajstić information content (AvgIpc) is 2.55. The maximum absolute atomic E-state index is 6.09. The Morgan fingerprint density at radius 2 is 2.00 bits per heavy atom. The van der Waals surface area contributed by atoms with Crippen molar-refractivity contribution in [2.75, 3.05) is 18.4 Å². The summed E-state index contributed by atoms with van der Waals surface area (Å²) in [6, 6.07) is 9.31. The minimum absolute atomic E-state index is 0.551. The van der Waals surface area contributed by atoms with Crippen LogP contribution in [0.5, 0.6) is 0 Å². The van der Waals surface area contributed by atoms with Crippen LogP contribution in [0.3, 0.4) is 0 Å². The number of aromatic nitrogens is 1. The third kappa shape index (κ3) is 2.68. The third-order valence-corrected chi connectivity index (χ3v) is 5.37. The maximum atomic E-state index is 6.09. The summed E-state index contributed by atoms with van der Waals surface area (Å²) >= 11 is 6.09. The van der Waals surface area contributed by atoms with Crippen LogP contribution in [0, 0.1) is 0 Å². The Hall–Kier alpha value is -1.32. The summed E-state index contributed by atoms with van der Waals surface area (Å²) in [5.74, 6) is 0. The van der Waals surface area contributed by atoms with Gasteiger partial charge >= 0.3 is 0 Å². The minimum atomic E-state index is 0.551. The van der Waals surface area contributed by atoms with Gasteiger partial charge in [0.05, 0.1) is 5.52 Å². The van der Waals surface area contributed by atoms with Gasteiger partial charge in [0.1, 0.15) is 0 Å². The van der Waals surface area contributed by atoms with E-state index in [0.29, 0.717) is 12.1 Å². The van der Waals surface area contributed by atoms with Gasteiger partial charge in [-0.2, -0.15) is 0 Å². The van der Waals surface area contributed by atoms with Crippen molar-refractivity contribution in [3.63, 3.8) is 0 Å². The van der Waals surface area contributed by atoms with Crippen molar-refractivity contribution >= 4 is 28.2 Å². The van der Waals surface area contributed by atoms with Crippen molar-refractivity contribution in [2.45, 2.75) is 44.2 Å². The lowest BCUT2D eigenvalue weighted by Crippen LogP contribution is -2.53. The lowest BCUT2D eigenvalue weighted by atomic mass is 9.88. The van der Waals surface area contributed by atoms with Gasteiger partial charge in [0.15, 0.2) is 0 Å². The molecular weight excluding hydrogens is 294 g/mol. The fourth-order valence-electron chi connectivity index (χ4n) is 4.07. The SMILES string of the molecule is Clc1ccc2c(N[C@@H]3CCCN4CCCCC34)ccnc2c1. The molecule has 0 radical (unpaired) electrons. The molecule has 0 bridgehead atoms. The van der Waals surface area contributed by atoms with E-state index in [-0.39, 0.29) is 0 Å². The van der Waals surface area contributed by atoms with Crippen LogP contribution in [0.4, 0.5) is 5.69 Å². The van der Waals surface area contributed by atoms with Gasteiger partial charge in [0, 0.05) is 34.4 Å². The summed E-state index contributed by atoms with van der Waals surface area (Å²) in [5, 5.41) is 5.73. The van der Waals surface area contributed by atoms with Crippen molar-refractivity contribution in [3.8, 4) is 0 Å². The Bertz CT molecular complexity index is 670. The topological polar surface area (TPSA) is 28.2 Å². The van der Waals surface area contributed by atoms with E-state index in [1.54, 1.807) is 0 Å². The van der Waals surface area contributed by atoms with Crippen LogP contribution < -0.4 is 5.32 Å². The van der Waals surface area contributed by atoms with Gasteiger partial charge in [0.2, 0.25) is 0 Å². The third-order valence-electron chi connectivity index (χ3n) is 5.13. The summed E-state index contributed by atoms with van der Waals surface area (Å²) in [6.07, 6.45) is 8.49. The predicted molar refractivity (Wildman–Crippen MR) is 92.6 cm³/mol. The number of anilines is 1. The van der Waals surface area contributed by atoms with Crippen molar-refractivity contribution in [1.82, 2.24) is 9.88 Å². The Morgan fingerprint density at radius 1 is 1.09 bits per heavy atom. The summed E-state index contributed by atoms with van der Waals surface area (Å²) in [4.78, 5) is 7.13. The molecule has 2 saturated heterocycles. The molecule has 1 unspecified atom stereocenters. The lowest BCUT2D eigenvalue weighted by molar-refractivity contribution is 0.0978. The van der Waals surface area contributed by atoms with Gasteiger partial charge in [0.25, 0.3) is 0 Å². The summed E-state index contributed by atoms with van der Waals surface area (Å²) in [5.41, 5.74) is 2.16. The van der Waals surface area contributed by atoms with Gasteiger partial charge in [-0.1, -0.05) is 18.0 Å². The molecule has 3 heterocycles. The van der Waals surface area contributed by atoms with Crippen molar-refractivity contribution < 1.29 is 0 Å². The van der Waals surface area contributed by atoms with Crippen LogP contribution >= 0.6 is 11.6 Å². The van der Waals surface area contributed by atoms with Gasteiger partial charge in [-0.05, 0) is 63.0 Å². The number of pyridine rings is 1. The average molecular weight is 316 g/mol. The number of rotatable bonds is 2. The Labute approximate surface area is 136 Å². The Morgan fingerprint density at radius 3 is 2.95 bits per heavy atom. The van der Waals surface area contributed by atoms with Gasteiger partial charge in [-0.15, -0.1) is 0 Å². The molecule has 2 fully saturated rings. The van der Waals surface area contributed by atoms with Crippen molar-refractivity contribution in [3.05, 3.63) is 35.5 Å². The van der Waals surface area contributed by atoms with Crippen LogP contribution in [0.15, 0.2) is 30.5 Å². The molecule has 0 saturated carbocycles. The Kier molecular flexibility index (Phi) is 3.93. The highest BCUT2D eigenvalue weighted by Gasteiger charge is 2.33. The molecule has 1 aromatic carbocycles. The Balaban J connectivity index is 1.62. The molecule has 2 aliphatic heterocycles. The van der Waals surface area contributed by atoms with Crippen molar-refractivity contribution in [2.24, 2.45) is 0 Å². The first-order chi connectivity index (χ1) is 10.8. The van der Waals surface area contributed by atoms with E-state index >= 15 is 0 Å². The first-order valence-electron chi connectivity index (χ1n) is 8.36. The van der Waals surface area contributed by atoms with Crippen LogP contribution in [-0.4, -0.2) is 35.1 Å². The van der Waals surface area contributed by atoms with E-state index in [1.807, 2.05) is 18.3 Å².